The van der Waals surface area contributed by atoms with E-state index in [1.807, 2.05) is 31.2 Å². The minimum Gasteiger partial charge on any atom is -0.490 e. The number of halogens is 1. The second kappa shape index (κ2) is 13.3. The van der Waals surface area contributed by atoms with Gasteiger partial charge in [-0.1, -0.05) is 29.8 Å². The van der Waals surface area contributed by atoms with Gasteiger partial charge in [0.05, 0.1) is 36.4 Å². The van der Waals surface area contributed by atoms with E-state index in [4.69, 9.17) is 25.8 Å². The van der Waals surface area contributed by atoms with E-state index in [2.05, 4.69) is 27.8 Å². The SMILES string of the molecule is COC[C@H](C)O[C@H]1/C=C\CC[C@@H](C)S(=O)(=O)NC(=O)c2ccc3c(c2)N(C[C@@H]2CC[C@H]21)C[C@@]1(CCCc2cc(Cl)ccc21)CO3. The summed E-state index contributed by atoms with van der Waals surface area (Å²) >= 11 is 6.43. The number of fused-ring (bicyclic) bond motifs is 4. The fourth-order valence-electron chi connectivity index (χ4n) is 7.63. The number of hydrogen-bond acceptors (Lipinski definition) is 7. The van der Waals surface area contributed by atoms with Crippen molar-refractivity contribution >= 4 is 33.2 Å². The molecule has 244 valence electrons. The van der Waals surface area contributed by atoms with Crippen molar-refractivity contribution in [1.29, 1.82) is 0 Å². The lowest BCUT2D eigenvalue weighted by molar-refractivity contribution is -0.0716. The van der Waals surface area contributed by atoms with Crippen LogP contribution in [0.25, 0.3) is 0 Å². The lowest BCUT2D eigenvalue weighted by atomic mass is 9.68. The third-order valence-electron chi connectivity index (χ3n) is 10.3. The zero-order valence-corrected chi connectivity index (χ0v) is 28.0. The molecular formula is C35H45ClN2O6S. The van der Waals surface area contributed by atoms with Crippen molar-refractivity contribution in [1.82, 2.24) is 4.72 Å². The summed E-state index contributed by atoms with van der Waals surface area (Å²) in [6.07, 6.45) is 10.1. The van der Waals surface area contributed by atoms with Crippen LogP contribution in [0, 0.1) is 11.8 Å². The van der Waals surface area contributed by atoms with Crippen LogP contribution in [0.4, 0.5) is 5.69 Å². The molecule has 4 aliphatic rings. The van der Waals surface area contributed by atoms with E-state index < -0.39 is 21.2 Å². The molecule has 2 heterocycles. The summed E-state index contributed by atoms with van der Waals surface area (Å²) in [6.45, 7) is 6.19. The van der Waals surface area contributed by atoms with Crippen LogP contribution >= 0.6 is 11.6 Å². The van der Waals surface area contributed by atoms with Gasteiger partial charge in [-0.05, 0) is 112 Å². The highest BCUT2D eigenvalue weighted by Gasteiger charge is 2.44. The molecule has 2 aliphatic heterocycles. The van der Waals surface area contributed by atoms with E-state index in [1.54, 1.807) is 20.1 Å². The summed E-state index contributed by atoms with van der Waals surface area (Å²) in [7, 11) is -2.19. The van der Waals surface area contributed by atoms with Gasteiger partial charge in [-0.15, -0.1) is 0 Å². The van der Waals surface area contributed by atoms with Crippen molar-refractivity contribution < 1.29 is 27.4 Å². The predicted octanol–water partition coefficient (Wildman–Crippen LogP) is 6.06. The molecule has 1 amide bonds. The molecule has 2 aliphatic carbocycles. The topological polar surface area (TPSA) is 94.2 Å². The number of carbonyl (C=O) groups is 1. The Morgan fingerprint density at radius 3 is 2.80 bits per heavy atom. The Balaban J connectivity index is 1.41. The molecule has 1 spiro atoms. The number of rotatable bonds is 4. The van der Waals surface area contributed by atoms with E-state index >= 15 is 0 Å². The first-order valence-corrected chi connectivity index (χ1v) is 18.2. The monoisotopic (exact) mass is 656 g/mol. The summed E-state index contributed by atoms with van der Waals surface area (Å²) in [6, 6.07) is 11.5. The average Bonchev–Trinajstić information content (AvgIpc) is 3.13. The van der Waals surface area contributed by atoms with E-state index in [0.29, 0.717) is 49.2 Å². The Bertz CT molecular complexity index is 1550. The molecule has 1 fully saturated rings. The zero-order chi connectivity index (χ0) is 31.8. The zero-order valence-electron chi connectivity index (χ0n) is 26.5. The highest BCUT2D eigenvalue weighted by molar-refractivity contribution is 7.90. The maximum absolute atomic E-state index is 13.4. The summed E-state index contributed by atoms with van der Waals surface area (Å²) < 4.78 is 47.1. The Kier molecular flexibility index (Phi) is 9.53. The third-order valence-corrected chi connectivity index (χ3v) is 12.3. The van der Waals surface area contributed by atoms with Gasteiger partial charge in [0, 0.05) is 36.2 Å². The Morgan fingerprint density at radius 2 is 2.02 bits per heavy atom. The van der Waals surface area contributed by atoms with Crippen molar-refractivity contribution in [2.75, 3.05) is 38.3 Å². The van der Waals surface area contributed by atoms with Crippen LogP contribution < -0.4 is 14.4 Å². The highest BCUT2D eigenvalue weighted by Crippen LogP contribution is 2.47. The van der Waals surface area contributed by atoms with Crippen LogP contribution in [0.1, 0.15) is 73.9 Å². The van der Waals surface area contributed by atoms with Gasteiger partial charge in [0.1, 0.15) is 5.75 Å². The normalized spacial score (nSPS) is 30.9. The van der Waals surface area contributed by atoms with Crippen molar-refractivity contribution in [3.05, 3.63) is 70.3 Å². The Labute approximate surface area is 272 Å². The first kappa shape index (κ1) is 32.4. The second-order valence-electron chi connectivity index (χ2n) is 13.4. The molecule has 0 saturated heterocycles. The molecule has 8 nitrogen and oxygen atoms in total. The molecule has 6 atom stereocenters. The standard InChI is InChI=1S/C35H45ClN2O6S/c1-23(20-42-3)44-32-9-5-4-7-24(2)45(40,41)37-34(39)26-11-15-33-31(18-26)38(19-27-10-13-29(27)32)21-35(22-43-33)16-6-8-25-17-28(36)12-14-30(25)35/h5,9,11-12,14-15,17-18,23-24,27,29,32H,4,6-8,10,13,16,19-22H2,1-3H3,(H,37,39)/b9-5-/t23-,24+,27-,29+,32-,35-/m0/s1. The minimum atomic E-state index is -3.87. The molecule has 1 saturated carbocycles. The highest BCUT2D eigenvalue weighted by atomic mass is 35.5. The molecule has 2 aromatic carbocycles. The Morgan fingerprint density at radius 1 is 1.18 bits per heavy atom. The fourth-order valence-corrected chi connectivity index (χ4v) is 8.85. The van der Waals surface area contributed by atoms with E-state index in [9.17, 15) is 13.2 Å². The third kappa shape index (κ3) is 6.78. The summed E-state index contributed by atoms with van der Waals surface area (Å²) in [5, 5.41) is 0.00954. The van der Waals surface area contributed by atoms with Crippen molar-refractivity contribution in [3.8, 4) is 5.75 Å². The number of nitrogens with zero attached hydrogens (tertiary/aromatic N) is 1. The predicted molar refractivity (Wildman–Crippen MR) is 177 cm³/mol. The summed E-state index contributed by atoms with van der Waals surface area (Å²) in [5.74, 6) is 0.766. The molecule has 0 radical (unpaired) electrons. The lowest BCUT2D eigenvalue weighted by Crippen LogP contribution is -2.50. The number of ether oxygens (including phenoxy) is 3. The van der Waals surface area contributed by atoms with Gasteiger partial charge in [-0.25, -0.2) is 13.1 Å². The number of carbonyl (C=O) groups excluding carboxylic acids is 1. The molecule has 10 heteroatoms. The molecule has 1 N–H and O–H groups in total. The van der Waals surface area contributed by atoms with Crippen LogP contribution in [-0.2, 0) is 31.3 Å². The van der Waals surface area contributed by atoms with Crippen LogP contribution in [-0.4, -0.2) is 65.2 Å². The van der Waals surface area contributed by atoms with E-state index in [-0.39, 0.29) is 17.6 Å². The number of nitrogens with one attached hydrogen (secondary N) is 1. The molecule has 0 unspecified atom stereocenters. The number of allylic oxidation sites excluding steroid dienone is 1. The van der Waals surface area contributed by atoms with Crippen LogP contribution in [0.2, 0.25) is 5.02 Å². The van der Waals surface area contributed by atoms with Crippen LogP contribution in [0.3, 0.4) is 0 Å². The molecule has 2 bridgehead atoms. The Hall–Kier alpha value is -2.59. The van der Waals surface area contributed by atoms with Gasteiger partial charge in [-0.2, -0.15) is 0 Å². The first-order valence-electron chi connectivity index (χ1n) is 16.3. The molecule has 45 heavy (non-hydrogen) atoms. The van der Waals surface area contributed by atoms with E-state index in [1.165, 1.54) is 11.1 Å². The molecule has 6 rings (SSSR count). The number of anilines is 1. The van der Waals surface area contributed by atoms with Crippen LogP contribution in [0.15, 0.2) is 48.6 Å². The second-order valence-corrected chi connectivity index (χ2v) is 16.0. The quantitative estimate of drug-likeness (QED) is 0.400. The summed E-state index contributed by atoms with van der Waals surface area (Å²) in [4.78, 5) is 15.7. The number of amides is 1. The minimum absolute atomic E-state index is 0.0743. The molecule has 2 aromatic rings. The number of methoxy groups -OCH3 is 1. The van der Waals surface area contributed by atoms with Gasteiger partial charge < -0.3 is 19.1 Å². The fraction of sp³-hybridized carbons (Fsp3) is 0.571. The lowest BCUT2D eigenvalue weighted by Gasteiger charge is -2.46. The van der Waals surface area contributed by atoms with Gasteiger partial charge in [0.2, 0.25) is 10.0 Å². The number of hydrogen-bond donors (Lipinski definition) is 1. The molecule has 0 aromatic heterocycles. The van der Waals surface area contributed by atoms with E-state index in [0.717, 1.165) is 55.9 Å². The van der Waals surface area contributed by atoms with Gasteiger partial charge in [-0.3, -0.25) is 4.79 Å². The first-order chi connectivity index (χ1) is 21.6. The van der Waals surface area contributed by atoms with Crippen molar-refractivity contribution in [2.24, 2.45) is 11.8 Å². The van der Waals surface area contributed by atoms with Gasteiger partial charge >= 0.3 is 0 Å². The maximum atomic E-state index is 13.4. The molecular weight excluding hydrogens is 612 g/mol. The smallest absolute Gasteiger partial charge is 0.264 e. The van der Waals surface area contributed by atoms with Gasteiger partial charge in [0.25, 0.3) is 5.91 Å². The van der Waals surface area contributed by atoms with Gasteiger partial charge in [0.15, 0.2) is 0 Å². The van der Waals surface area contributed by atoms with Crippen molar-refractivity contribution in [2.45, 2.75) is 81.7 Å². The number of aryl methyl sites for hydroxylation is 1. The van der Waals surface area contributed by atoms with Crippen molar-refractivity contribution in [3.63, 3.8) is 0 Å². The maximum Gasteiger partial charge on any atom is 0.264 e. The number of benzene rings is 2. The number of sulfonamides is 1. The average molecular weight is 657 g/mol. The van der Waals surface area contributed by atoms with Crippen LogP contribution in [0.5, 0.6) is 5.75 Å². The summed E-state index contributed by atoms with van der Waals surface area (Å²) in [5.41, 5.74) is 3.42. The largest absolute Gasteiger partial charge is 0.490 e.